The van der Waals surface area contributed by atoms with Crippen LogP contribution in [0.3, 0.4) is 0 Å². The van der Waals surface area contributed by atoms with Crippen LogP contribution in [0.15, 0.2) is 34.8 Å². The minimum atomic E-state index is -5.18. The van der Waals surface area contributed by atoms with Crippen molar-refractivity contribution in [2.75, 3.05) is 5.75 Å². The monoisotopic (exact) mass is 465 g/mol. The van der Waals surface area contributed by atoms with Crippen molar-refractivity contribution in [1.82, 2.24) is 9.55 Å². The van der Waals surface area contributed by atoms with E-state index in [1.54, 1.807) is 18.2 Å². The molecule has 3 rings (SSSR count). The Morgan fingerprint density at radius 2 is 2.14 bits per heavy atom. The number of aromatic nitrogens is 2. The number of nitriles is 1. The molecular formula is C16H8Cl2F3N3O2S2. The number of nitrogens with zero attached hydrogens (tertiary/aromatic N) is 3. The quantitative estimate of drug-likeness (QED) is 0.438. The van der Waals surface area contributed by atoms with Gasteiger partial charge in [-0.15, -0.1) is 23.5 Å². The second-order valence-corrected chi connectivity index (χ2v) is 8.64. The van der Waals surface area contributed by atoms with Gasteiger partial charge < -0.3 is 4.74 Å². The van der Waals surface area contributed by atoms with E-state index in [0.717, 1.165) is 16.3 Å². The smallest absolute Gasteiger partial charge is 0.385 e. The molecular weight excluding hydrogens is 458 g/mol. The number of esters is 1. The highest BCUT2D eigenvalue weighted by atomic mass is 35.5. The Bertz CT molecular complexity index is 1000. The number of imidazole rings is 1. The molecule has 1 aliphatic rings. The Kier molecular flexibility index (Phi) is 6.19. The number of hydrogen-bond donors (Lipinski definition) is 0. The fourth-order valence-corrected chi connectivity index (χ4v) is 5.78. The van der Waals surface area contributed by atoms with E-state index in [1.807, 2.05) is 6.07 Å². The third-order valence-electron chi connectivity index (χ3n) is 3.49. The Morgan fingerprint density at radius 1 is 1.39 bits per heavy atom. The van der Waals surface area contributed by atoms with Crippen LogP contribution in [0, 0.1) is 11.3 Å². The van der Waals surface area contributed by atoms with Gasteiger partial charge in [0.25, 0.3) is 0 Å². The number of alkyl halides is 3. The van der Waals surface area contributed by atoms with Gasteiger partial charge in [0.1, 0.15) is 11.8 Å². The van der Waals surface area contributed by atoms with Gasteiger partial charge in [-0.3, -0.25) is 4.57 Å². The van der Waals surface area contributed by atoms with Gasteiger partial charge in [0.05, 0.1) is 4.24 Å². The van der Waals surface area contributed by atoms with Crippen LogP contribution in [0.25, 0.3) is 5.70 Å². The fraction of sp³-hybridized carbons (Fsp3) is 0.188. The third-order valence-corrected chi connectivity index (χ3v) is 6.97. The van der Waals surface area contributed by atoms with Crippen LogP contribution in [0.5, 0.6) is 6.01 Å². The van der Waals surface area contributed by atoms with E-state index in [-0.39, 0.29) is 10.9 Å². The summed E-state index contributed by atoms with van der Waals surface area (Å²) in [5.74, 6) is -1.83. The molecule has 2 aromatic rings. The highest BCUT2D eigenvalue weighted by Crippen LogP contribution is 2.53. The SMILES string of the molecule is N#C/C(=C1/SC[C@@H](c2ccc(Cl)cc2Cl)S1)n1ccnc1OC(=O)C(F)(F)F. The lowest BCUT2D eigenvalue weighted by molar-refractivity contribution is -0.190. The van der Waals surface area contributed by atoms with Crippen LogP contribution in [-0.2, 0) is 4.79 Å². The van der Waals surface area contributed by atoms with Gasteiger partial charge in [0.15, 0.2) is 0 Å². The van der Waals surface area contributed by atoms with Crippen molar-refractivity contribution in [2.45, 2.75) is 11.4 Å². The Labute approximate surface area is 175 Å². The van der Waals surface area contributed by atoms with E-state index >= 15 is 0 Å². The molecule has 1 aliphatic heterocycles. The molecule has 1 aromatic heterocycles. The second kappa shape index (κ2) is 8.29. The molecule has 0 bridgehead atoms. The number of carbonyl (C=O) groups is 1. The van der Waals surface area contributed by atoms with Crippen molar-refractivity contribution in [2.24, 2.45) is 0 Å². The van der Waals surface area contributed by atoms with Crippen molar-refractivity contribution in [3.05, 3.63) is 50.4 Å². The van der Waals surface area contributed by atoms with Crippen molar-refractivity contribution < 1.29 is 22.7 Å². The summed E-state index contributed by atoms with van der Waals surface area (Å²) < 4.78 is 43.2. The maximum atomic E-state index is 12.4. The van der Waals surface area contributed by atoms with E-state index in [1.165, 1.54) is 29.7 Å². The zero-order chi connectivity index (χ0) is 20.5. The number of halogens is 5. The van der Waals surface area contributed by atoms with E-state index in [0.29, 0.717) is 20.0 Å². The standard InChI is InChI=1S/C16H8Cl2F3N3O2S2/c17-8-1-2-9(10(18)5-8)12-7-27-13(28-12)11(6-22)24-4-3-23-15(24)26-14(25)16(19,20)21/h1-5,12H,7H2/b13-11+/t12-/m0/s1. The number of thioether (sulfide) groups is 2. The average Bonchev–Trinajstić information content (AvgIpc) is 3.25. The zero-order valence-corrected chi connectivity index (χ0v) is 16.7. The predicted octanol–water partition coefficient (Wildman–Crippen LogP) is 5.53. The molecule has 28 heavy (non-hydrogen) atoms. The molecule has 12 heteroatoms. The molecule has 1 fully saturated rings. The first kappa shape index (κ1) is 20.9. The van der Waals surface area contributed by atoms with Crippen LogP contribution >= 0.6 is 46.7 Å². The van der Waals surface area contributed by atoms with Gasteiger partial charge in [0, 0.05) is 33.4 Å². The molecule has 1 atom stereocenters. The Balaban J connectivity index is 1.89. The molecule has 0 amide bonds. The topological polar surface area (TPSA) is 67.9 Å². The Hall–Kier alpha value is -1.80. The molecule has 0 radical (unpaired) electrons. The van der Waals surface area contributed by atoms with Gasteiger partial charge in [-0.25, -0.2) is 9.78 Å². The minimum Gasteiger partial charge on any atom is -0.385 e. The highest BCUT2D eigenvalue weighted by molar-refractivity contribution is 8.25. The number of ether oxygens (including phenoxy) is 1. The minimum absolute atomic E-state index is 0.00469. The molecule has 1 aromatic carbocycles. The molecule has 146 valence electrons. The van der Waals surface area contributed by atoms with E-state index in [4.69, 9.17) is 23.2 Å². The van der Waals surface area contributed by atoms with E-state index < -0.39 is 18.2 Å². The molecule has 0 unspecified atom stereocenters. The largest absolute Gasteiger partial charge is 0.491 e. The maximum absolute atomic E-state index is 12.4. The van der Waals surface area contributed by atoms with Crippen molar-refractivity contribution in [1.29, 1.82) is 5.26 Å². The summed E-state index contributed by atoms with van der Waals surface area (Å²) in [7, 11) is 0. The Morgan fingerprint density at radius 3 is 2.79 bits per heavy atom. The molecule has 2 heterocycles. The highest BCUT2D eigenvalue weighted by Gasteiger charge is 2.42. The zero-order valence-electron chi connectivity index (χ0n) is 13.5. The van der Waals surface area contributed by atoms with Crippen LogP contribution < -0.4 is 4.74 Å². The van der Waals surface area contributed by atoms with E-state index in [2.05, 4.69) is 9.72 Å². The molecule has 5 nitrogen and oxygen atoms in total. The number of rotatable bonds is 3. The van der Waals surface area contributed by atoms with Gasteiger partial charge in [-0.05, 0) is 17.7 Å². The molecule has 0 saturated carbocycles. The number of allylic oxidation sites excluding steroid dienone is 1. The van der Waals surface area contributed by atoms with Gasteiger partial charge in [-0.2, -0.15) is 18.4 Å². The average molecular weight is 466 g/mol. The van der Waals surface area contributed by atoms with Crippen LogP contribution in [-0.4, -0.2) is 27.4 Å². The van der Waals surface area contributed by atoms with Crippen molar-refractivity contribution in [3.8, 4) is 12.1 Å². The van der Waals surface area contributed by atoms with Crippen LogP contribution in [0.2, 0.25) is 10.0 Å². The lowest BCUT2D eigenvalue weighted by Gasteiger charge is -2.11. The molecule has 0 aliphatic carbocycles. The number of hydrogen-bond acceptors (Lipinski definition) is 6. The summed E-state index contributed by atoms with van der Waals surface area (Å²) in [4.78, 5) is 14.7. The van der Waals surface area contributed by atoms with Gasteiger partial charge >= 0.3 is 18.2 Å². The van der Waals surface area contributed by atoms with Crippen LogP contribution in [0.4, 0.5) is 13.2 Å². The fourth-order valence-electron chi connectivity index (χ4n) is 2.26. The first-order valence-corrected chi connectivity index (χ1v) is 10.0. The summed E-state index contributed by atoms with van der Waals surface area (Å²) >= 11 is 14.8. The van der Waals surface area contributed by atoms with Gasteiger partial charge in [0.2, 0.25) is 0 Å². The second-order valence-electron chi connectivity index (χ2n) is 5.30. The molecule has 1 saturated heterocycles. The van der Waals surface area contributed by atoms with Crippen LogP contribution in [0.1, 0.15) is 10.8 Å². The summed E-state index contributed by atoms with van der Waals surface area (Å²) in [6.07, 6.45) is -2.80. The summed E-state index contributed by atoms with van der Waals surface area (Å²) in [5.41, 5.74) is 0.829. The summed E-state index contributed by atoms with van der Waals surface area (Å²) in [6, 6.07) is 6.39. The number of benzene rings is 1. The van der Waals surface area contributed by atoms with Crippen molar-refractivity contribution in [3.63, 3.8) is 0 Å². The molecule has 0 N–H and O–H groups in total. The van der Waals surface area contributed by atoms with E-state index in [9.17, 15) is 23.2 Å². The number of carbonyl (C=O) groups excluding carboxylic acids is 1. The summed E-state index contributed by atoms with van der Waals surface area (Å²) in [5, 5.41) is 10.4. The lowest BCUT2D eigenvalue weighted by atomic mass is 10.2. The first-order valence-electron chi connectivity index (χ1n) is 7.42. The molecule has 0 spiro atoms. The maximum Gasteiger partial charge on any atom is 0.491 e. The first-order chi connectivity index (χ1) is 13.2. The van der Waals surface area contributed by atoms with Gasteiger partial charge in [-0.1, -0.05) is 29.3 Å². The summed E-state index contributed by atoms with van der Waals surface area (Å²) in [6.45, 7) is 0. The predicted molar refractivity (Wildman–Crippen MR) is 102 cm³/mol. The normalized spacial score (nSPS) is 18.6. The lowest BCUT2D eigenvalue weighted by Crippen LogP contribution is -2.29. The van der Waals surface area contributed by atoms with Crippen molar-refractivity contribution >= 4 is 58.4 Å². The third kappa shape index (κ3) is 4.43.